The van der Waals surface area contributed by atoms with Crippen LogP contribution in [0.3, 0.4) is 0 Å². The van der Waals surface area contributed by atoms with Crippen LogP contribution in [0, 0.1) is 5.92 Å². The van der Waals surface area contributed by atoms with E-state index in [9.17, 15) is 22.8 Å². The molecule has 0 aromatic heterocycles. The summed E-state index contributed by atoms with van der Waals surface area (Å²) in [4.78, 5) is 28.2. The summed E-state index contributed by atoms with van der Waals surface area (Å²) in [7, 11) is 0. The number of nitrogens with one attached hydrogen (secondary N) is 1. The zero-order valence-electron chi connectivity index (χ0n) is 17.5. The summed E-state index contributed by atoms with van der Waals surface area (Å²) in [5.74, 6) is -0.0675. The quantitative estimate of drug-likeness (QED) is 0.700. The molecule has 1 heterocycles. The smallest absolute Gasteiger partial charge is 0.422 e. The first-order chi connectivity index (χ1) is 15.3. The van der Waals surface area contributed by atoms with E-state index < -0.39 is 18.8 Å². The van der Waals surface area contributed by atoms with Gasteiger partial charge in [0.25, 0.3) is 5.91 Å². The van der Waals surface area contributed by atoms with Crippen LogP contribution in [-0.2, 0) is 4.79 Å². The number of halogens is 3. The van der Waals surface area contributed by atoms with E-state index >= 15 is 0 Å². The van der Waals surface area contributed by atoms with Crippen LogP contribution < -0.4 is 10.1 Å². The summed E-state index contributed by atoms with van der Waals surface area (Å²) in [6.45, 7) is -1.37. The summed E-state index contributed by atoms with van der Waals surface area (Å²) in [6.07, 6.45) is 0.217. The Morgan fingerprint density at radius 1 is 1.00 bits per heavy atom. The maximum atomic E-state index is 13.3. The van der Waals surface area contributed by atoms with Gasteiger partial charge in [0.2, 0.25) is 5.91 Å². The normalized spacial score (nSPS) is 22.8. The number of fused-ring (bicyclic) bond motifs is 1. The van der Waals surface area contributed by atoms with Crippen molar-refractivity contribution in [2.75, 3.05) is 11.9 Å². The largest absolute Gasteiger partial charge is 0.484 e. The number of amides is 2. The van der Waals surface area contributed by atoms with Crippen LogP contribution in [0.2, 0.25) is 0 Å². The van der Waals surface area contributed by atoms with E-state index in [1.165, 1.54) is 24.3 Å². The summed E-state index contributed by atoms with van der Waals surface area (Å²) in [5, 5.41) is 2.82. The third-order valence-corrected chi connectivity index (χ3v) is 6.17. The van der Waals surface area contributed by atoms with Gasteiger partial charge in [0.1, 0.15) is 11.8 Å². The van der Waals surface area contributed by atoms with Gasteiger partial charge in [-0.25, -0.2) is 0 Å². The van der Waals surface area contributed by atoms with Crippen molar-refractivity contribution in [1.29, 1.82) is 0 Å². The first-order valence-electron chi connectivity index (χ1n) is 10.8. The monoisotopic (exact) mass is 446 g/mol. The average molecular weight is 446 g/mol. The maximum absolute atomic E-state index is 13.3. The number of ether oxygens (including phenoxy) is 1. The van der Waals surface area contributed by atoms with E-state index in [0.717, 1.165) is 25.7 Å². The molecule has 1 aliphatic carbocycles. The predicted molar refractivity (Wildman–Crippen MR) is 113 cm³/mol. The van der Waals surface area contributed by atoms with E-state index in [0.29, 0.717) is 23.6 Å². The van der Waals surface area contributed by atoms with Crippen molar-refractivity contribution in [3.63, 3.8) is 0 Å². The number of nitrogens with zero attached hydrogens (tertiary/aromatic N) is 1. The Balaban J connectivity index is 1.48. The minimum absolute atomic E-state index is 0.0466. The Morgan fingerprint density at radius 3 is 2.38 bits per heavy atom. The highest BCUT2D eigenvalue weighted by molar-refractivity contribution is 6.01. The molecular formula is C24H25F3N2O3. The van der Waals surface area contributed by atoms with Crippen molar-refractivity contribution in [2.24, 2.45) is 5.92 Å². The summed E-state index contributed by atoms with van der Waals surface area (Å²) in [5.41, 5.74) is 0.999. The Morgan fingerprint density at radius 2 is 1.69 bits per heavy atom. The van der Waals surface area contributed by atoms with Crippen LogP contribution in [0.4, 0.5) is 18.9 Å². The summed E-state index contributed by atoms with van der Waals surface area (Å²) in [6, 6.07) is 14.2. The zero-order valence-corrected chi connectivity index (χ0v) is 17.5. The van der Waals surface area contributed by atoms with Crippen LogP contribution >= 0.6 is 0 Å². The van der Waals surface area contributed by atoms with Gasteiger partial charge in [0.05, 0.1) is 0 Å². The molecule has 0 radical (unpaired) electrons. The lowest BCUT2D eigenvalue weighted by Crippen LogP contribution is -2.47. The fourth-order valence-corrected chi connectivity index (χ4v) is 4.74. The van der Waals surface area contributed by atoms with Gasteiger partial charge < -0.3 is 15.0 Å². The van der Waals surface area contributed by atoms with Crippen LogP contribution in [0.25, 0.3) is 0 Å². The summed E-state index contributed by atoms with van der Waals surface area (Å²) >= 11 is 0. The van der Waals surface area contributed by atoms with Gasteiger partial charge in [-0.1, -0.05) is 31.0 Å². The number of benzene rings is 2. The molecule has 1 saturated carbocycles. The van der Waals surface area contributed by atoms with Crippen molar-refractivity contribution in [3.8, 4) is 5.75 Å². The molecule has 0 bridgehead atoms. The average Bonchev–Trinajstić information content (AvgIpc) is 3.18. The number of hydrogen-bond acceptors (Lipinski definition) is 3. The van der Waals surface area contributed by atoms with E-state index in [1.54, 1.807) is 29.2 Å². The molecule has 1 saturated heterocycles. The molecule has 5 nitrogen and oxygen atoms in total. The number of carbonyl (C=O) groups excluding carboxylic acids is 2. The molecule has 0 spiro atoms. The fraction of sp³-hybridized carbons (Fsp3) is 0.417. The van der Waals surface area contributed by atoms with Crippen LogP contribution in [0.5, 0.6) is 5.75 Å². The number of hydrogen-bond donors (Lipinski definition) is 1. The molecular weight excluding hydrogens is 421 g/mol. The molecule has 3 atom stereocenters. The second-order valence-electron chi connectivity index (χ2n) is 8.36. The van der Waals surface area contributed by atoms with Crippen molar-refractivity contribution in [3.05, 3.63) is 60.2 Å². The summed E-state index contributed by atoms with van der Waals surface area (Å²) < 4.78 is 41.6. The predicted octanol–water partition coefficient (Wildman–Crippen LogP) is 5.04. The van der Waals surface area contributed by atoms with Crippen molar-refractivity contribution < 1.29 is 27.5 Å². The maximum Gasteiger partial charge on any atom is 0.422 e. The fourth-order valence-electron chi connectivity index (χ4n) is 4.74. The number of rotatable bonds is 5. The Labute approximate surface area is 184 Å². The van der Waals surface area contributed by atoms with Gasteiger partial charge in [-0.3, -0.25) is 9.59 Å². The van der Waals surface area contributed by atoms with Gasteiger partial charge >= 0.3 is 6.18 Å². The minimum atomic E-state index is -4.42. The van der Waals surface area contributed by atoms with Crippen molar-refractivity contribution >= 4 is 17.5 Å². The molecule has 3 unspecified atom stereocenters. The number of likely N-dealkylation sites (tertiary alicyclic amines) is 1. The van der Waals surface area contributed by atoms with Gasteiger partial charge in [-0.15, -0.1) is 0 Å². The number of anilines is 1. The van der Waals surface area contributed by atoms with Gasteiger partial charge in [0.15, 0.2) is 6.61 Å². The molecule has 2 aromatic carbocycles. The molecule has 4 rings (SSSR count). The van der Waals surface area contributed by atoms with Crippen molar-refractivity contribution in [1.82, 2.24) is 4.90 Å². The number of carbonyl (C=O) groups is 2. The van der Waals surface area contributed by atoms with E-state index in [2.05, 4.69) is 5.32 Å². The highest BCUT2D eigenvalue weighted by Crippen LogP contribution is 2.41. The zero-order chi connectivity index (χ0) is 22.7. The molecule has 2 aromatic rings. The SMILES string of the molecule is O=C(Nc1ccc(OCC(F)(F)F)cc1)C1CC2CCCCC2N1C(=O)c1ccccc1. The lowest BCUT2D eigenvalue weighted by molar-refractivity contribution is -0.153. The highest BCUT2D eigenvalue weighted by atomic mass is 19.4. The van der Waals surface area contributed by atoms with Crippen LogP contribution in [0.1, 0.15) is 42.5 Å². The van der Waals surface area contributed by atoms with Crippen molar-refractivity contribution in [2.45, 2.75) is 50.4 Å². The van der Waals surface area contributed by atoms with Gasteiger partial charge in [-0.05, 0) is 61.6 Å². The Bertz CT molecular complexity index is 947. The number of alkyl halides is 3. The molecule has 8 heteroatoms. The molecule has 1 N–H and O–H groups in total. The lowest BCUT2D eigenvalue weighted by atomic mass is 9.84. The minimum Gasteiger partial charge on any atom is -0.484 e. The molecule has 1 aliphatic heterocycles. The highest BCUT2D eigenvalue weighted by Gasteiger charge is 2.47. The Hall–Kier alpha value is -3.03. The van der Waals surface area contributed by atoms with Crippen LogP contribution in [0.15, 0.2) is 54.6 Å². The molecule has 170 valence electrons. The van der Waals surface area contributed by atoms with E-state index in [4.69, 9.17) is 4.74 Å². The van der Waals surface area contributed by atoms with Gasteiger partial charge in [0, 0.05) is 17.3 Å². The standard InChI is InChI=1S/C24H25F3N2O3/c25-24(26,27)15-32-19-12-10-18(11-13-19)28-22(30)21-14-17-8-4-5-9-20(17)29(21)23(31)16-6-2-1-3-7-16/h1-3,6-7,10-13,17,20-21H,4-5,8-9,14-15H2,(H,28,30). The van der Waals surface area contributed by atoms with E-state index in [1.807, 2.05) is 6.07 Å². The van der Waals surface area contributed by atoms with E-state index in [-0.39, 0.29) is 23.6 Å². The lowest BCUT2D eigenvalue weighted by Gasteiger charge is -2.33. The molecule has 2 fully saturated rings. The second-order valence-corrected chi connectivity index (χ2v) is 8.36. The molecule has 2 amide bonds. The third kappa shape index (κ3) is 5.06. The van der Waals surface area contributed by atoms with Crippen LogP contribution in [-0.4, -0.2) is 41.6 Å². The first kappa shape index (κ1) is 22.2. The van der Waals surface area contributed by atoms with Gasteiger partial charge in [-0.2, -0.15) is 13.2 Å². The first-order valence-corrected chi connectivity index (χ1v) is 10.8. The third-order valence-electron chi connectivity index (χ3n) is 6.17. The Kier molecular flexibility index (Phi) is 6.39. The molecule has 32 heavy (non-hydrogen) atoms. The second kappa shape index (κ2) is 9.22. The molecule has 2 aliphatic rings. The topological polar surface area (TPSA) is 58.6 Å².